The molecule has 4 rings (SSSR count). The van der Waals surface area contributed by atoms with Gasteiger partial charge in [-0.25, -0.2) is 4.79 Å². The minimum absolute atomic E-state index is 0.00508. The molecule has 5 nitrogen and oxygen atoms in total. The summed E-state index contributed by atoms with van der Waals surface area (Å²) in [6, 6.07) is 16.6. The normalized spacial score (nSPS) is 19.0. The second-order valence-corrected chi connectivity index (χ2v) is 7.23. The molecule has 27 heavy (non-hydrogen) atoms. The Bertz CT molecular complexity index is 790. The summed E-state index contributed by atoms with van der Waals surface area (Å²) < 4.78 is 5.73. The molecule has 0 saturated carbocycles. The Morgan fingerprint density at radius 3 is 2.41 bits per heavy atom. The summed E-state index contributed by atoms with van der Waals surface area (Å²) >= 11 is 0. The summed E-state index contributed by atoms with van der Waals surface area (Å²) in [5, 5.41) is 2.80. The van der Waals surface area contributed by atoms with Crippen molar-refractivity contribution in [2.24, 2.45) is 0 Å². The second kappa shape index (κ2) is 7.82. The van der Waals surface area contributed by atoms with Crippen molar-refractivity contribution >= 4 is 12.5 Å². The van der Waals surface area contributed by atoms with Gasteiger partial charge in [0.05, 0.1) is 0 Å². The standard InChI is InChI=1S/C22H24N2O3/c25-15-23-16-7-5-6-12-24(13-16)22(26)27-14-21-19-10-3-1-8-17(19)18-9-2-4-11-20(18)21/h1-4,8-11,15-16,21H,5-7,12-14H2,(H,23,25). The fourth-order valence-electron chi connectivity index (χ4n) is 4.23. The van der Waals surface area contributed by atoms with E-state index >= 15 is 0 Å². The van der Waals surface area contributed by atoms with Crippen LogP contribution in [0.25, 0.3) is 11.1 Å². The van der Waals surface area contributed by atoms with Crippen molar-refractivity contribution in [3.63, 3.8) is 0 Å². The minimum atomic E-state index is -0.295. The van der Waals surface area contributed by atoms with Crippen LogP contribution in [0.3, 0.4) is 0 Å². The number of rotatable bonds is 4. The first-order valence-electron chi connectivity index (χ1n) is 9.57. The van der Waals surface area contributed by atoms with Crippen molar-refractivity contribution in [2.75, 3.05) is 19.7 Å². The number of carbonyl (C=O) groups excluding carboxylic acids is 2. The first kappa shape index (κ1) is 17.6. The van der Waals surface area contributed by atoms with Gasteiger partial charge in [0.1, 0.15) is 6.61 Å². The van der Waals surface area contributed by atoms with E-state index in [-0.39, 0.29) is 18.1 Å². The largest absolute Gasteiger partial charge is 0.448 e. The summed E-state index contributed by atoms with van der Waals surface area (Å²) in [7, 11) is 0. The average Bonchev–Trinajstić information content (AvgIpc) is 2.84. The van der Waals surface area contributed by atoms with Crippen LogP contribution in [0.5, 0.6) is 0 Å². The molecule has 1 saturated heterocycles. The molecule has 0 aromatic heterocycles. The number of nitrogens with one attached hydrogen (secondary N) is 1. The number of ether oxygens (including phenoxy) is 1. The van der Waals surface area contributed by atoms with Crippen LogP contribution in [0.15, 0.2) is 48.5 Å². The molecule has 1 N–H and O–H groups in total. The van der Waals surface area contributed by atoms with Crippen molar-refractivity contribution in [2.45, 2.75) is 31.2 Å². The number of fused-ring (bicyclic) bond motifs is 3. The van der Waals surface area contributed by atoms with Crippen LogP contribution in [0.1, 0.15) is 36.3 Å². The summed E-state index contributed by atoms with van der Waals surface area (Å²) in [5.41, 5.74) is 4.86. The van der Waals surface area contributed by atoms with Gasteiger partial charge in [-0.05, 0) is 41.5 Å². The molecule has 1 aliphatic carbocycles. The highest BCUT2D eigenvalue weighted by molar-refractivity contribution is 5.79. The zero-order valence-corrected chi connectivity index (χ0v) is 15.3. The molecule has 1 unspecified atom stereocenters. The highest BCUT2D eigenvalue weighted by atomic mass is 16.6. The molecule has 1 heterocycles. The van der Waals surface area contributed by atoms with E-state index in [0.29, 0.717) is 26.1 Å². The number of likely N-dealkylation sites (tertiary alicyclic amines) is 1. The van der Waals surface area contributed by atoms with Gasteiger partial charge < -0.3 is 15.0 Å². The van der Waals surface area contributed by atoms with E-state index < -0.39 is 0 Å². The van der Waals surface area contributed by atoms with E-state index in [9.17, 15) is 9.59 Å². The average molecular weight is 364 g/mol. The Morgan fingerprint density at radius 2 is 1.74 bits per heavy atom. The van der Waals surface area contributed by atoms with Crippen molar-refractivity contribution in [1.29, 1.82) is 0 Å². The Balaban J connectivity index is 1.47. The third-order valence-corrected chi connectivity index (χ3v) is 5.57. The van der Waals surface area contributed by atoms with Crippen molar-refractivity contribution in [1.82, 2.24) is 10.2 Å². The van der Waals surface area contributed by atoms with E-state index in [4.69, 9.17) is 4.74 Å². The Morgan fingerprint density at radius 1 is 1.07 bits per heavy atom. The number of carbonyl (C=O) groups is 2. The van der Waals surface area contributed by atoms with Crippen LogP contribution in [0, 0.1) is 0 Å². The maximum atomic E-state index is 12.7. The molecule has 1 fully saturated rings. The van der Waals surface area contributed by atoms with E-state index in [0.717, 1.165) is 19.3 Å². The number of hydrogen-bond acceptors (Lipinski definition) is 3. The minimum Gasteiger partial charge on any atom is -0.448 e. The summed E-state index contributed by atoms with van der Waals surface area (Å²) in [4.78, 5) is 25.1. The summed E-state index contributed by atoms with van der Waals surface area (Å²) in [5.74, 6) is 0.0669. The molecule has 0 radical (unpaired) electrons. The summed E-state index contributed by atoms with van der Waals surface area (Å²) in [6.07, 6.45) is 3.24. The van der Waals surface area contributed by atoms with Crippen molar-refractivity contribution in [3.8, 4) is 11.1 Å². The summed E-state index contributed by atoms with van der Waals surface area (Å²) in [6.45, 7) is 1.51. The monoisotopic (exact) mass is 364 g/mol. The lowest BCUT2D eigenvalue weighted by atomic mass is 9.98. The van der Waals surface area contributed by atoms with Crippen LogP contribution in [0.2, 0.25) is 0 Å². The van der Waals surface area contributed by atoms with Crippen molar-refractivity contribution in [3.05, 3.63) is 59.7 Å². The molecule has 2 aliphatic rings. The Kier molecular flexibility index (Phi) is 5.10. The van der Waals surface area contributed by atoms with Gasteiger partial charge in [-0.1, -0.05) is 48.5 Å². The zero-order valence-electron chi connectivity index (χ0n) is 15.3. The number of nitrogens with zero attached hydrogens (tertiary/aromatic N) is 1. The van der Waals surface area contributed by atoms with E-state index in [1.807, 2.05) is 24.3 Å². The first-order valence-corrected chi connectivity index (χ1v) is 9.57. The predicted molar refractivity (Wildman–Crippen MR) is 103 cm³/mol. The zero-order chi connectivity index (χ0) is 18.6. The molecule has 0 bridgehead atoms. The van der Waals surface area contributed by atoms with Gasteiger partial charge in [-0.15, -0.1) is 0 Å². The number of hydrogen-bond donors (Lipinski definition) is 1. The highest BCUT2D eigenvalue weighted by Gasteiger charge is 2.30. The first-order chi connectivity index (χ1) is 13.3. The van der Waals surface area contributed by atoms with Crippen molar-refractivity contribution < 1.29 is 14.3 Å². The lowest BCUT2D eigenvalue weighted by Gasteiger charge is -2.24. The van der Waals surface area contributed by atoms with E-state index in [1.54, 1.807) is 4.90 Å². The van der Waals surface area contributed by atoms with Gasteiger partial charge in [0.15, 0.2) is 0 Å². The fraction of sp³-hybridized carbons (Fsp3) is 0.364. The number of amides is 2. The molecule has 2 amide bonds. The second-order valence-electron chi connectivity index (χ2n) is 7.23. The quantitative estimate of drug-likeness (QED) is 0.845. The number of benzene rings is 2. The molecule has 0 spiro atoms. The van der Waals surface area contributed by atoms with Crippen LogP contribution in [-0.4, -0.2) is 43.1 Å². The van der Waals surface area contributed by atoms with Crippen LogP contribution in [0.4, 0.5) is 4.79 Å². The third kappa shape index (κ3) is 3.54. The lowest BCUT2D eigenvalue weighted by Crippen LogP contribution is -2.42. The fourth-order valence-corrected chi connectivity index (χ4v) is 4.23. The Labute approximate surface area is 159 Å². The highest BCUT2D eigenvalue weighted by Crippen LogP contribution is 2.44. The van der Waals surface area contributed by atoms with Gasteiger partial charge in [0.25, 0.3) is 0 Å². The smallest absolute Gasteiger partial charge is 0.409 e. The third-order valence-electron chi connectivity index (χ3n) is 5.57. The SMILES string of the molecule is O=CNC1CCCCN(C(=O)OCC2c3ccccc3-c3ccccc32)C1. The Hall–Kier alpha value is -2.82. The van der Waals surface area contributed by atoms with E-state index in [1.165, 1.54) is 22.3 Å². The molecule has 1 atom stereocenters. The molecular formula is C22H24N2O3. The van der Waals surface area contributed by atoms with Gasteiger partial charge in [0, 0.05) is 25.0 Å². The maximum Gasteiger partial charge on any atom is 0.409 e. The van der Waals surface area contributed by atoms with Gasteiger partial charge >= 0.3 is 6.09 Å². The van der Waals surface area contributed by atoms with Crippen LogP contribution < -0.4 is 5.32 Å². The van der Waals surface area contributed by atoms with E-state index in [2.05, 4.69) is 29.6 Å². The van der Waals surface area contributed by atoms with Crippen LogP contribution >= 0.6 is 0 Å². The molecular weight excluding hydrogens is 340 g/mol. The molecule has 5 heteroatoms. The van der Waals surface area contributed by atoms with Crippen LogP contribution in [-0.2, 0) is 9.53 Å². The van der Waals surface area contributed by atoms with Gasteiger partial charge in [0.2, 0.25) is 6.41 Å². The molecule has 1 aliphatic heterocycles. The maximum absolute atomic E-state index is 12.7. The molecule has 2 aromatic rings. The predicted octanol–water partition coefficient (Wildman–Crippen LogP) is 3.54. The van der Waals surface area contributed by atoms with Gasteiger partial charge in [-0.2, -0.15) is 0 Å². The van der Waals surface area contributed by atoms with Gasteiger partial charge in [-0.3, -0.25) is 4.79 Å². The molecule has 140 valence electrons. The molecule has 2 aromatic carbocycles. The lowest BCUT2D eigenvalue weighted by molar-refractivity contribution is -0.110. The topological polar surface area (TPSA) is 58.6 Å².